The maximum absolute atomic E-state index is 12.6. The zero-order valence-corrected chi connectivity index (χ0v) is 17.0. The van der Waals surface area contributed by atoms with E-state index in [0.717, 1.165) is 15.8 Å². The van der Waals surface area contributed by atoms with E-state index in [9.17, 15) is 23.1 Å². The van der Waals surface area contributed by atoms with Crippen LogP contribution >= 0.6 is 34.8 Å². The molecule has 1 amide bonds. The lowest BCUT2D eigenvalue weighted by atomic mass is 9.97. The van der Waals surface area contributed by atoms with E-state index in [1.807, 2.05) is 12.1 Å². The van der Waals surface area contributed by atoms with E-state index in [-0.39, 0.29) is 22.7 Å². The second kappa shape index (κ2) is 8.03. The molecule has 0 spiro atoms. The molecule has 3 N–H and O–H groups in total. The summed E-state index contributed by atoms with van der Waals surface area (Å²) in [5.74, 6) is -0.853. The lowest BCUT2D eigenvalue weighted by Crippen LogP contribution is -2.38. The zero-order valence-electron chi connectivity index (χ0n) is 14.0. The van der Waals surface area contributed by atoms with Gasteiger partial charge in [0.15, 0.2) is 0 Å². The van der Waals surface area contributed by atoms with Gasteiger partial charge in [-0.05, 0) is 58.5 Å². The molecule has 28 heavy (non-hydrogen) atoms. The van der Waals surface area contributed by atoms with Crippen LogP contribution in [0.2, 0.25) is 0 Å². The van der Waals surface area contributed by atoms with Gasteiger partial charge in [0.25, 0.3) is 5.91 Å². The first-order valence-electron chi connectivity index (χ1n) is 7.98. The van der Waals surface area contributed by atoms with Gasteiger partial charge in [0, 0.05) is 21.9 Å². The van der Waals surface area contributed by atoms with Gasteiger partial charge in [0.1, 0.15) is 22.0 Å². The summed E-state index contributed by atoms with van der Waals surface area (Å²) >= 11 is 7.38. The lowest BCUT2D eigenvalue weighted by Gasteiger charge is -2.26. The average molecular weight is 519 g/mol. The van der Waals surface area contributed by atoms with Crippen LogP contribution in [0.1, 0.15) is 23.7 Å². The molecular weight excluding hydrogens is 506 g/mol. The Labute approximate surface area is 177 Å². The van der Waals surface area contributed by atoms with Crippen molar-refractivity contribution in [1.29, 1.82) is 0 Å². The van der Waals surface area contributed by atoms with Crippen molar-refractivity contribution in [2.24, 2.45) is 0 Å². The lowest BCUT2D eigenvalue weighted by molar-refractivity contribution is -0.141. The highest BCUT2D eigenvalue weighted by Crippen LogP contribution is 2.31. The highest BCUT2D eigenvalue weighted by atomic mass is 127. The van der Waals surface area contributed by atoms with Gasteiger partial charge in [-0.25, -0.2) is 0 Å². The third kappa shape index (κ3) is 4.61. The number of anilines is 1. The van der Waals surface area contributed by atoms with Gasteiger partial charge >= 0.3 is 6.18 Å². The Morgan fingerprint density at radius 2 is 1.93 bits per heavy atom. The minimum Gasteiger partial charge on any atom is -0.511 e. The van der Waals surface area contributed by atoms with Crippen molar-refractivity contribution in [3.63, 3.8) is 0 Å². The Kier molecular flexibility index (Phi) is 5.89. The van der Waals surface area contributed by atoms with Gasteiger partial charge in [-0.15, -0.1) is 0 Å². The average Bonchev–Trinajstić information content (AvgIpc) is 2.62. The Morgan fingerprint density at radius 1 is 1.25 bits per heavy atom. The highest BCUT2D eigenvalue weighted by molar-refractivity contribution is 14.1. The number of pyridine rings is 1. The molecule has 0 saturated heterocycles. The van der Waals surface area contributed by atoms with E-state index in [1.54, 1.807) is 12.1 Å². The predicted molar refractivity (Wildman–Crippen MR) is 110 cm³/mol. The van der Waals surface area contributed by atoms with Crippen LogP contribution in [0.5, 0.6) is 0 Å². The Morgan fingerprint density at radius 3 is 2.46 bits per heavy atom. The van der Waals surface area contributed by atoms with Gasteiger partial charge in [-0.1, -0.05) is 18.3 Å². The van der Waals surface area contributed by atoms with Crippen molar-refractivity contribution in [3.05, 3.63) is 68.8 Å². The molecule has 0 saturated carbocycles. The molecular formula is C18H13F3IN3O2S. The number of hydrogen-bond acceptors (Lipinski definition) is 4. The molecule has 1 unspecified atom stereocenters. The number of thiocarbonyl (C=S) groups is 1. The number of carbonyl (C=O) groups excluding carboxylic acids is 1. The molecule has 146 valence electrons. The van der Waals surface area contributed by atoms with Crippen LogP contribution < -0.4 is 10.6 Å². The van der Waals surface area contributed by atoms with Crippen LogP contribution in [0.15, 0.2) is 53.9 Å². The number of hydrogen-bond donors (Lipinski definition) is 3. The van der Waals surface area contributed by atoms with Crippen molar-refractivity contribution < 1.29 is 23.1 Å². The number of aliphatic hydroxyl groups excluding tert-OH is 1. The Bertz CT molecular complexity index is 944. The quantitative estimate of drug-likeness (QED) is 0.411. The van der Waals surface area contributed by atoms with Crippen molar-refractivity contribution >= 4 is 51.4 Å². The minimum atomic E-state index is -4.54. The molecule has 0 fully saturated rings. The van der Waals surface area contributed by atoms with Gasteiger partial charge in [-0.3, -0.25) is 9.78 Å². The third-order valence-electron chi connectivity index (χ3n) is 4.03. The molecule has 2 aromatic rings. The Balaban J connectivity index is 1.76. The summed E-state index contributed by atoms with van der Waals surface area (Å²) in [6.45, 7) is 0. The summed E-state index contributed by atoms with van der Waals surface area (Å²) in [4.78, 5) is 15.9. The third-order valence-corrected chi connectivity index (χ3v) is 5.05. The molecule has 1 aromatic heterocycles. The normalized spacial score (nSPS) is 17.3. The van der Waals surface area contributed by atoms with Crippen LogP contribution in [0.25, 0.3) is 0 Å². The number of aromatic nitrogens is 1. The van der Waals surface area contributed by atoms with Crippen LogP contribution in [-0.4, -0.2) is 21.0 Å². The number of carbonyl (C=O) groups is 1. The van der Waals surface area contributed by atoms with Gasteiger partial charge in [0.2, 0.25) is 0 Å². The molecule has 1 aliphatic heterocycles. The summed E-state index contributed by atoms with van der Waals surface area (Å²) in [6.07, 6.45) is -3.52. The zero-order chi connectivity index (χ0) is 20.5. The first-order chi connectivity index (χ1) is 13.1. The minimum absolute atomic E-state index is 0.0113. The fraction of sp³-hybridized carbons (Fsp3) is 0.167. The van der Waals surface area contributed by atoms with E-state index in [1.165, 1.54) is 6.07 Å². The second-order valence-electron chi connectivity index (χ2n) is 5.99. The summed E-state index contributed by atoms with van der Waals surface area (Å²) in [5, 5.41) is 15.9. The summed E-state index contributed by atoms with van der Waals surface area (Å²) in [5.41, 5.74) is -0.0811. The van der Waals surface area contributed by atoms with Crippen LogP contribution in [0.4, 0.5) is 18.9 Å². The van der Waals surface area contributed by atoms with Crippen LogP contribution in [-0.2, 0) is 11.0 Å². The smallest absolute Gasteiger partial charge is 0.433 e. The first kappa shape index (κ1) is 20.5. The summed E-state index contributed by atoms with van der Waals surface area (Å²) in [6, 6.07) is 8.63. The van der Waals surface area contributed by atoms with Crippen molar-refractivity contribution in [2.75, 3.05) is 5.32 Å². The molecule has 3 rings (SSSR count). The number of amides is 1. The fourth-order valence-corrected chi connectivity index (χ4v) is 3.34. The number of nitrogens with one attached hydrogen (secondary N) is 2. The van der Waals surface area contributed by atoms with Crippen molar-refractivity contribution in [2.45, 2.75) is 18.6 Å². The number of halogens is 4. The number of alkyl halides is 3. The maximum Gasteiger partial charge on any atom is 0.433 e. The second-order valence-corrected chi connectivity index (χ2v) is 7.64. The molecule has 1 aromatic carbocycles. The van der Waals surface area contributed by atoms with Crippen molar-refractivity contribution in [1.82, 2.24) is 10.3 Å². The van der Waals surface area contributed by atoms with Gasteiger partial charge in [0.05, 0.1) is 6.04 Å². The van der Waals surface area contributed by atoms with E-state index >= 15 is 0 Å². The molecule has 0 bridgehead atoms. The highest BCUT2D eigenvalue weighted by Gasteiger charge is 2.34. The first-order valence-corrected chi connectivity index (χ1v) is 9.47. The number of aliphatic hydroxyl groups is 1. The Hall–Kier alpha value is -2.21. The number of nitrogens with zero attached hydrogens (tertiary/aromatic N) is 1. The van der Waals surface area contributed by atoms with Crippen LogP contribution in [0.3, 0.4) is 0 Å². The van der Waals surface area contributed by atoms with E-state index in [4.69, 9.17) is 12.2 Å². The molecule has 5 nitrogen and oxygen atoms in total. The number of rotatable bonds is 3. The van der Waals surface area contributed by atoms with E-state index in [0.29, 0.717) is 11.3 Å². The monoisotopic (exact) mass is 519 g/mol. The summed E-state index contributed by atoms with van der Waals surface area (Å²) < 4.78 is 38.9. The van der Waals surface area contributed by atoms with Crippen molar-refractivity contribution in [3.8, 4) is 0 Å². The maximum atomic E-state index is 12.6. The number of benzene rings is 1. The molecule has 2 heterocycles. The van der Waals surface area contributed by atoms with Gasteiger partial charge < -0.3 is 15.7 Å². The fourth-order valence-electron chi connectivity index (χ4n) is 2.65. The summed E-state index contributed by atoms with van der Waals surface area (Å²) in [7, 11) is 0. The standard InChI is InChI=1S/C18H13F3IN3O2S/c19-18(20,21)14-6-1-9(8-23-14)12-7-13(26)15(16(27)25-12)17(28)24-11-4-2-10(22)3-5-11/h1-6,8,12,26H,7H2,(H,24,28)(H,25,27). The molecule has 10 heteroatoms. The molecule has 0 radical (unpaired) electrons. The molecule has 1 atom stereocenters. The van der Waals surface area contributed by atoms with E-state index < -0.39 is 23.8 Å². The van der Waals surface area contributed by atoms with Gasteiger partial charge in [-0.2, -0.15) is 13.2 Å². The topological polar surface area (TPSA) is 74.2 Å². The SMILES string of the molecule is O=C1NC(c2ccc(C(F)(F)F)nc2)CC(O)=C1C(=S)Nc1ccc(I)cc1. The molecule has 0 aliphatic carbocycles. The van der Waals surface area contributed by atoms with E-state index in [2.05, 4.69) is 38.2 Å². The molecule has 1 aliphatic rings. The largest absolute Gasteiger partial charge is 0.511 e. The predicted octanol–water partition coefficient (Wildman–Crippen LogP) is 4.52. The van der Waals surface area contributed by atoms with Crippen LogP contribution in [0, 0.1) is 3.57 Å².